The van der Waals surface area contributed by atoms with Crippen molar-refractivity contribution in [2.24, 2.45) is 0 Å². The summed E-state index contributed by atoms with van der Waals surface area (Å²) in [6.45, 7) is 5.90. The topological polar surface area (TPSA) is 63.9 Å². The maximum absolute atomic E-state index is 10.5. The molecule has 34 heavy (non-hydrogen) atoms. The van der Waals surface area contributed by atoms with E-state index in [0.29, 0.717) is 13.1 Å². The first-order valence-electron chi connectivity index (χ1n) is 15.3. The van der Waals surface area contributed by atoms with Gasteiger partial charge in [0.15, 0.2) is 0 Å². The number of nitrogens with zero attached hydrogens (tertiary/aromatic N) is 1. The van der Waals surface area contributed by atoms with Gasteiger partial charge in [0.25, 0.3) is 0 Å². The predicted octanol–water partition coefficient (Wildman–Crippen LogP) is 7.63. The summed E-state index contributed by atoms with van der Waals surface area (Å²) in [4.78, 5) is 2.18. The van der Waals surface area contributed by atoms with Crippen LogP contribution in [0.2, 0.25) is 0 Å². The van der Waals surface area contributed by atoms with Crippen LogP contribution in [0.1, 0.15) is 155 Å². The molecule has 0 heterocycles. The zero-order chi connectivity index (χ0) is 25.2. The SMILES string of the molecule is CCCCCCCCCCCCC(CO)(CCCCCCCCCCCC)N(CCO)CCO. The van der Waals surface area contributed by atoms with Gasteiger partial charge in [0.1, 0.15) is 0 Å². The van der Waals surface area contributed by atoms with Crippen LogP contribution in [0, 0.1) is 0 Å². The molecular weight excluding hydrogens is 422 g/mol. The lowest BCUT2D eigenvalue weighted by atomic mass is 9.84. The maximum atomic E-state index is 10.5. The summed E-state index contributed by atoms with van der Waals surface area (Å²) < 4.78 is 0. The fourth-order valence-electron chi connectivity index (χ4n) is 5.41. The number of rotatable bonds is 28. The van der Waals surface area contributed by atoms with Crippen LogP contribution in [0.5, 0.6) is 0 Å². The molecule has 4 nitrogen and oxygen atoms in total. The highest BCUT2D eigenvalue weighted by Gasteiger charge is 2.34. The molecule has 0 aliphatic heterocycles. The first-order chi connectivity index (χ1) is 16.7. The minimum Gasteiger partial charge on any atom is -0.395 e. The predicted molar refractivity (Wildman–Crippen MR) is 148 cm³/mol. The van der Waals surface area contributed by atoms with Crippen LogP contribution in [-0.4, -0.2) is 58.7 Å². The average Bonchev–Trinajstić information content (AvgIpc) is 2.85. The van der Waals surface area contributed by atoms with E-state index < -0.39 is 0 Å². The summed E-state index contributed by atoms with van der Waals surface area (Å²) >= 11 is 0. The molecule has 3 N–H and O–H groups in total. The zero-order valence-electron chi connectivity index (χ0n) is 23.4. The Bertz CT molecular complexity index is 361. The Labute approximate surface area is 213 Å². The van der Waals surface area contributed by atoms with Crippen molar-refractivity contribution in [2.45, 2.75) is 161 Å². The lowest BCUT2D eigenvalue weighted by Crippen LogP contribution is -2.53. The van der Waals surface area contributed by atoms with Gasteiger partial charge in [-0.25, -0.2) is 0 Å². The van der Waals surface area contributed by atoms with Crippen molar-refractivity contribution in [1.82, 2.24) is 4.90 Å². The summed E-state index contributed by atoms with van der Waals surface area (Å²) in [7, 11) is 0. The maximum Gasteiger partial charge on any atom is 0.0615 e. The number of aliphatic hydroxyl groups is 3. The summed E-state index contributed by atoms with van der Waals surface area (Å²) in [6, 6.07) is 0. The Morgan fingerprint density at radius 3 is 1.00 bits per heavy atom. The summed E-state index contributed by atoms with van der Waals surface area (Å²) in [5.41, 5.74) is -0.286. The van der Waals surface area contributed by atoms with E-state index in [-0.39, 0.29) is 25.4 Å². The molecule has 0 aliphatic rings. The molecule has 0 fully saturated rings. The van der Waals surface area contributed by atoms with Gasteiger partial charge in [0, 0.05) is 18.6 Å². The molecule has 0 aromatic carbocycles. The molecule has 0 bridgehead atoms. The smallest absolute Gasteiger partial charge is 0.0615 e. The first kappa shape index (κ1) is 33.8. The summed E-state index contributed by atoms with van der Waals surface area (Å²) in [6.07, 6.45) is 28.3. The van der Waals surface area contributed by atoms with Crippen molar-refractivity contribution in [1.29, 1.82) is 0 Å². The number of unbranched alkanes of at least 4 members (excludes halogenated alkanes) is 18. The number of hydrogen-bond donors (Lipinski definition) is 3. The molecule has 0 saturated heterocycles. The largest absolute Gasteiger partial charge is 0.395 e. The highest BCUT2D eigenvalue weighted by atomic mass is 16.3. The van der Waals surface area contributed by atoms with Gasteiger partial charge in [0.2, 0.25) is 0 Å². The highest BCUT2D eigenvalue weighted by molar-refractivity contribution is 4.90. The Morgan fingerprint density at radius 1 is 0.441 bits per heavy atom. The Kier molecular flexibility index (Phi) is 25.8. The van der Waals surface area contributed by atoms with Crippen LogP contribution in [0.4, 0.5) is 0 Å². The van der Waals surface area contributed by atoms with Crippen molar-refractivity contribution in [3.8, 4) is 0 Å². The lowest BCUT2D eigenvalue weighted by molar-refractivity contribution is -0.00725. The second-order valence-corrected chi connectivity index (χ2v) is 10.7. The molecule has 0 amide bonds. The van der Waals surface area contributed by atoms with E-state index in [0.717, 1.165) is 25.7 Å². The quantitative estimate of drug-likeness (QED) is 0.0997. The van der Waals surface area contributed by atoms with Gasteiger partial charge in [-0.2, -0.15) is 0 Å². The van der Waals surface area contributed by atoms with Crippen molar-refractivity contribution < 1.29 is 15.3 Å². The molecule has 0 saturated carbocycles. The normalized spacial score (nSPS) is 12.2. The van der Waals surface area contributed by atoms with Gasteiger partial charge in [-0.05, 0) is 12.8 Å². The fraction of sp³-hybridized carbons (Fsp3) is 1.00. The van der Waals surface area contributed by atoms with Gasteiger partial charge in [0.05, 0.1) is 19.8 Å². The van der Waals surface area contributed by atoms with Crippen molar-refractivity contribution >= 4 is 0 Å². The Hall–Kier alpha value is -0.160. The molecule has 0 aliphatic carbocycles. The molecular formula is C30H63NO3. The van der Waals surface area contributed by atoms with E-state index in [2.05, 4.69) is 18.7 Å². The third-order valence-electron chi connectivity index (χ3n) is 7.70. The van der Waals surface area contributed by atoms with E-state index in [1.165, 1.54) is 116 Å². The lowest BCUT2D eigenvalue weighted by Gasteiger charge is -2.43. The molecule has 0 aromatic rings. The monoisotopic (exact) mass is 485 g/mol. The number of β-amino-alcohol motifs (C(OH)–C–C–N with tert-alkyl or cyclic N) is 2. The van der Waals surface area contributed by atoms with Crippen LogP contribution in [-0.2, 0) is 0 Å². The van der Waals surface area contributed by atoms with E-state index >= 15 is 0 Å². The van der Waals surface area contributed by atoms with Gasteiger partial charge < -0.3 is 15.3 Å². The standard InChI is InChI=1S/C30H63NO3/c1-3-5-7-9-11-13-15-17-19-21-23-30(29-34,31(25-27-32)26-28-33)24-22-20-18-16-14-12-10-8-6-4-2/h32-34H,3-29H2,1-2H3. The molecule has 0 radical (unpaired) electrons. The minimum absolute atomic E-state index is 0.0812. The van der Waals surface area contributed by atoms with E-state index in [9.17, 15) is 15.3 Å². The highest BCUT2D eigenvalue weighted by Crippen LogP contribution is 2.29. The summed E-state index contributed by atoms with van der Waals surface area (Å²) in [5, 5.41) is 29.7. The molecule has 0 aromatic heterocycles. The molecule has 206 valence electrons. The van der Waals surface area contributed by atoms with Crippen LogP contribution in [0.25, 0.3) is 0 Å². The second-order valence-electron chi connectivity index (χ2n) is 10.7. The van der Waals surface area contributed by atoms with Gasteiger partial charge >= 0.3 is 0 Å². The second kappa shape index (κ2) is 25.9. The average molecular weight is 486 g/mol. The molecule has 0 atom stereocenters. The zero-order valence-corrected chi connectivity index (χ0v) is 23.4. The molecule has 0 rings (SSSR count). The van der Waals surface area contributed by atoms with Crippen LogP contribution in [0.15, 0.2) is 0 Å². The Balaban J connectivity index is 4.35. The van der Waals surface area contributed by atoms with E-state index in [1.54, 1.807) is 0 Å². The number of aliphatic hydroxyl groups excluding tert-OH is 3. The van der Waals surface area contributed by atoms with Crippen LogP contribution in [0.3, 0.4) is 0 Å². The fourth-order valence-corrected chi connectivity index (χ4v) is 5.41. The third-order valence-corrected chi connectivity index (χ3v) is 7.70. The minimum atomic E-state index is -0.286. The van der Waals surface area contributed by atoms with E-state index in [1.807, 2.05) is 0 Å². The van der Waals surface area contributed by atoms with Gasteiger partial charge in [-0.15, -0.1) is 0 Å². The van der Waals surface area contributed by atoms with Crippen molar-refractivity contribution in [3.05, 3.63) is 0 Å². The van der Waals surface area contributed by atoms with Gasteiger partial charge in [-0.1, -0.05) is 142 Å². The third kappa shape index (κ3) is 18.2. The first-order valence-corrected chi connectivity index (χ1v) is 15.3. The molecule has 0 unspecified atom stereocenters. The van der Waals surface area contributed by atoms with Gasteiger partial charge in [-0.3, -0.25) is 4.90 Å². The van der Waals surface area contributed by atoms with Crippen LogP contribution < -0.4 is 0 Å². The Morgan fingerprint density at radius 2 is 0.735 bits per heavy atom. The van der Waals surface area contributed by atoms with E-state index in [4.69, 9.17) is 0 Å². The molecule has 0 spiro atoms. The molecule has 4 heteroatoms. The van der Waals surface area contributed by atoms with Crippen LogP contribution >= 0.6 is 0 Å². The van der Waals surface area contributed by atoms with Crippen molar-refractivity contribution in [3.63, 3.8) is 0 Å². The number of hydrogen-bond acceptors (Lipinski definition) is 4. The summed E-state index contributed by atoms with van der Waals surface area (Å²) in [5.74, 6) is 0. The van der Waals surface area contributed by atoms with Crippen molar-refractivity contribution in [2.75, 3.05) is 32.9 Å².